The van der Waals surface area contributed by atoms with Gasteiger partial charge in [-0.2, -0.15) is 0 Å². The normalized spacial score (nSPS) is 31.7. The van der Waals surface area contributed by atoms with Gasteiger partial charge < -0.3 is 10.0 Å². The van der Waals surface area contributed by atoms with Gasteiger partial charge in [-0.15, -0.1) is 0 Å². The van der Waals surface area contributed by atoms with Gasteiger partial charge >= 0.3 is 5.97 Å². The second kappa shape index (κ2) is 5.93. The van der Waals surface area contributed by atoms with E-state index in [1.165, 1.54) is 0 Å². The second-order valence-electron chi connectivity index (χ2n) is 6.38. The predicted octanol–water partition coefficient (Wildman–Crippen LogP) is 2.52. The third-order valence-corrected chi connectivity index (χ3v) is 4.88. The van der Waals surface area contributed by atoms with E-state index in [1.807, 2.05) is 0 Å². The molecular weight excluding hydrogens is 242 g/mol. The van der Waals surface area contributed by atoms with Gasteiger partial charge in [0.15, 0.2) is 0 Å². The molecule has 1 saturated carbocycles. The van der Waals surface area contributed by atoms with Gasteiger partial charge in [-0.25, -0.2) is 4.79 Å². The predicted molar refractivity (Wildman–Crippen MR) is 72.7 cm³/mol. The van der Waals surface area contributed by atoms with Crippen LogP contribution in [0.5, 0.6) is 0 Å². The molecule has 1 aliphatic heterocycles. The highest BCUT2D eigenvalue weighted by molar-refractivity contribution is 5.85. The highest BCUT2D eigenvalue weighted by Crippen LogP contribution is 2.35. The number of nitrogens with zero attached hydrogens (tertiary/aromatic N) is 1. The van der Waals surface area contributed by atoms with Gasteiger partial charge in [0.1, 0.15) is 6.04 Å². The summed E-state index contributed by atoms with van der Waals surface area (Å²) in [4.78, 5) is 25.2. The number of carboxylic acids is 1. The summed E-state index contributed by atoms with van der Waals surface area (Å²) in [5.41, 5.74) is 0. The number of carboxylic acid groups (broad SMARTS) is 1. The Morgan fingerprint density at radius 2 is 1.74 bits per heavy atom. The fourth-order valence-electron chi connectivity index (χ4n) is 3.55. The first-order valence-corrected chi connectivity index (χ1v) is 7.54. The van der Waals surface area contributed by atoms with Crippen LogP contribution in [0.1, 0.15) is 52.4 Å². The Balaban J connectivity index is 1.92. The minimum atomic E-state index is -0.846. The van der Waals surface area contributed by atoms with E-state index in [-0.39, 0.29) is 11.8 Å². The van der Waals surface area contributed by atoms with Crippen LogP contribution in [-0.2, 0) is 9.59 Å². The van der Waals surface area contributed by atoms with E-state index in [0.717, 1.165) is 38.0 Å². The van der Waals surface area contributed by atoms with Crippen molar-refractivity contribution in [3.63, 3.8) is 0 Å². The van der Waals surface area contributed by atoms with E-state index in [4.69, 9.17) is 5.11 Å². The van der Waals surface area contributed by atoms with Gasteiger partial charge in [0.25, 0.3) is 0 Å². The van der Waals surface area contributed by atoms with Crippen molar-refractivity contribution in [1.82, 2.24) is 4.90 Å². The molecule has 108 valence electrons. The third-order valence-electron chi connectivity index (χ3n) is 4.88. The Bertz CT molecular complexity index is 345. The van der Waals surface area contributed by atoms with E-state index in [1.54, 1.807) is 4.90 Å². The molecule has 4 heteroatoms. The maximum atomic E-state index is 12.5. The van der Waals surface area contributed by atoms with Gasteiger partial charge in [-0.3, -0.25) is 4.79 Å². The molecule has 4 nitrogen and oxygen atoms in total. The van der Waals surface area contributed by atoms with Gasteiger partial charge in [0, 0.05) is 12.5 Å². The average Bonchev–Trinajstić information content (AvgIpc) is 2.87. The molecule has 2 aliphatic rings. The van der Waals surface area contributed by atoms with Crippen LogP contribution in [0.2, 0.25) is 0 Å². The number of hydrogen-bond acceptors (Lipinski definition) is 2. The van der Waals surface area contributed by atoms with Crippen LogP contribution in [0.15, 0.2) is 0 Å². The number of carbonyl (C=O) groups is 2. The Labute approximate surface area is 115 Å². The van der Waals surface area contributed by atoms with Gasteiger partial charge in [0.2, 0.25) is 5.91 Å². The first kappa shape index (κ1) is 14.4. The molecule has 2 fully saturated rings. The molecule has 1 amide bonds. The zero-order chi connectivity index (χ0) is 14.0. The average molecular weight is 267 g/mol. The van der Waals surface area contributed by atoms with Crippen LogP contribution in [0.25, 0.3) is 0 Å². The standard InChI is InChI=1S/C15H25NO3/c1-10(2)11-5-7-12(8-6-11)14(17)16-9-3-4-13(16)15(18)19/h10-13H,3-9H2,1-2H3,(H,18,19)/t11?,12?,13-/m0/s1. The summed E-state index contributed by atoms with van der Waals surface area (Å²) in [6.07, 6.45) is 5.53. The van der Waals surface area contributed by atoms with Crippen LogP contribution in [0, 0.1) is 17.8 Å². The minimum Gasteiger partial charge on any atom is -0.480 e. The monoisotopic (exact) mass is 267 g/mol. The topological polar surface area (TPSA) is 57.6 Å². The van der Waals surface area contributed by atoms with Gasteiger partial charge in [-0.1, -0.05) is 13.8 Å². The lowest BCUT2D eigenvalue weighted by Crippen LogP contribution is -2.44. The van der Waals surface area contributed by atoms with E-state index in [0.29, 0.717) is 18.9 Å². The molecule has 0 bridgehead atoms. The summed E-state index contributed by atoms with van der Waals surface area (Å²) >= 11 is 0. The van der Waals surface area contributed by atoms with E-state index in [9.17, 15) is 9.59 Å². The molecule has 0 aromatic carbocycles. The molecule has 0 radical (unpaired) electrons. The summed E-state index contributed by atoms with van der Waals surface area (Å²) in [5, 5.41) is 9.15. The van der Waals surface area contributed by atoms with Gasteiger partial charge in [-0.05, 0) is 50.4 Å². The summed E-state index contributed by atoms with van der Waals surface area (Å²) in [6, 6.07) is -0.574. The van der Waals surface area contributed by atoms with Crippen molar-refractivity contribution in [2.75, 3.05) is 6.54 Å². The molecule has 0 aromatic heterocycles. The zero-order valence-electron chi connectivity index (χ0n) is 12.0. The fourth-order valence-corrected chi connectivity index (χ4v) is 3.55. The molecule has 2 rings (SSSR count). The summed E-state index contributed by atoms with van der Waals surface area (Å²) in [7, 11) is 0. The van der Waals surface area contributed by atoms with E-state index < -0.39 is 12.0 Å². The summed E-state index contributed by atoms with van der Waals surface area (Å²) in [5.74, 6) is 0.733. The molecule has 0 spiro atoms. The molecule has 1 atom stereocenters. The SMILES string of the molecule is CC(C)C1CCC(C(=O)N2CCC[C@H]2C(=O)O)CC1. The molecule has 1 heterocycles. The Morgan fingerprint density at radius 1 is 1.11 bits per heavy atom. The van der Waals surface area contributed by atoms with Crippen LogP contribution in [0.4, 0.5) is 0 Å². The Hall–Kier alpha value is -1.06. The molecule has 1 saturated heterocycles. The first-order valence-electron chi connectivity index (χ1n) is 7.54. The first-order chi connectivity index (χ1) is 9.00. The summed E-state index contributed by atoms with van der Waals surface area (Å²) < 4.78 is 0. The number of likely N-dealkylation sites (tertiary alicyclic amines) is 1. The molecular formula is C15H25NO3. The van der Waals surface area contributed by atoms with Crippen molar-refractivity contribution >= 4 is 11.9 Å². The third kappa shape index (κ3) is 3.10. The number of hydrogen-bond donors (Lipinski definition) is 1. The zero-order valence-corrected chi connectivity index (χ0v) is 12.0. The van der Waals surface area contributed by atoms with Crippen molar-refractivity contribution in [1.29, 1.82) is 0 Å². The minimum absolute atomic E-state index is 0.0648. The molecule has 0 unspecified atom stereocenters. The van der Waals surface area contributed by atoms with Crippen LogP contribution in [-0.4, -0.2) is 34.5 Å². The quantitative estimate of drug-likeness (QED) is 0.854. The second-order valence-corrected chi connectivity index (χ2v) is 6.38. The lowest BCUT2D eigenvalue weighted by atomic mass is 9.76. The van der Waals surface area contributed by atoms with Crippen molar-refractivity contribution in [3.05, 3.63) is 0 Å². The van der Waals surface area contributed by atoms with E-state index >= 15 is 0 Å². The number of amides is 1. The lowest BCUT2D eigenvalue weighted by Gasteiger charge is -2.33. The van der Waals surface area contributed by atoms with Crippen molar-refractivity contribution in [3.8, 4) is 0 Å². The number of aliphatic carboxylic acids is 1. The fraction of sp³-hybridized carbons (Fsp3) is 0.867. The lowest BCUT2D eigenvalue weighted by molar-refractivity contribution is -0.150. The largest absolute Gasteiger partial charge is 0.480 e. The van der Waals surface area contributed by atoms with Gasteiger partial charge in [0.05, 0.1) is 0 Å². The maximum absolute atomic E-state index is 12.5. The van der Waals surface area contributed by atoms with Crippen LogP contribution < -0.4 is 0 Å². The van der Waals surface area contributed by atoms with Crippen molar-refractivity contribution in [2.45, 2.75) is 58.4 Å². The highest BCUT2D eigenvalue weighted by atomic mass is 16.4. The number of carbonyl (C=O) groups excluding carboxylic acids is 1. The molecule has 1 N–H and O–H groups in total. The molecule has 1 aliphatic carbocycles. The molecule has 19 heavy (non-hydrogen) atoms. The summed E-state index contributed by atoms with van der Waals surface area (Å²) in [6.45, 7) is 5.11. The highest BCUT2D eigenvalue weighted by Gasteiger charge is 2.38. The van der Waals surface area contributed by atoms with E-state index in [2.05, 4.69) is 13.8 Å². The van der Waals surface area contributed by atoms with Crippen LogP contribution >= 0.6 is 0 Å². The Morgan fingerprint density at radius 3 is 2.26 bits per heavy atom. The van der Waals surface area contributed by atoms with Crippen molar-refractivity contribution < 1.29 is 14.7 Å². The van der Waals surface area contributed by atoms with Crippen molar-refractivity contribution in [2.24, 2.45) is 17.8 Å². The number of rotatable bonds is 3. The maximum Gasteiger partial charge on any atom is 0.326 e. The molecule has 0 aromatic rings. The Kier molecular flexibility index (Phi) is 4.48. The van der Waals surface area contributed by atoms with Crippen LogP contribution in [0.3, 0.4) is 0 Å². The smallest absolute Gasteiger partial charge is 0.326 e.